The second-order valence-electron chi connectivity index (χ2n) is 5.47. The van der Waals surface area contributed by atoms with E-state index < -0.39 is 0 Å². The molecule has 1 atom stereocenters. The Bertz CT molecular complexity index is 392. The highest BCUT2D eigenvalue weighted by Gasteiger charge is 2.18. The standard InChI is InChI=1S/C16H27N3S/c1-4-10-19(12-11-18(2)3)13-15(16(17)20)14-8-6-5-7-9-14/h5-9,15H,4,10-13H2,1-3H3,(H2,17,20). The van der Waals surface area contributed by atoms with Crippen LogP contribution in [0.15, 0.2) is 30.3 Å². The maximum absolute atomic E-state index is 5.96. The van der Waals surface area contributed by atoms with E-state index in [9.17, 15) is 0 Å². The predicted molar refractivity (Wildman–Crippen MR) is 91.3 cm³/mol. The molecular formula is C16H27N3S. The molecule has 0 aliphatic carbocycles. The molecule has 1 aromatic carbocycles. The fourth-order valence-electron chi connectivity index (χ4n) is 2.26. The van der Waals surface area contributed by atoms with Crippen LogP contribution in [0, 0.1) is 0 Å². The predicted octanol–water partition coefficient (Wildman–Crippen LogP) is 2.33. The summed E-state index contributed by atoms with van der Waals surface area (Å²) in [5.74, 6) is 0.139. The van der Waals surface area contributed by atoms with Crippen LogP contribution in [0.2, 0.25) is 0 Å². The molecule has 0 fully saturated rings. The first-order chi connectivity index (χ1) is 9.54. The summed E-state index contributed by atoms with van der Waals surface area (Å²) in [5.41, 5.74) is 7.18. The Hall–Kier alpha value is -0.970. The maximum Gasteiger partial charge on any atom is 0.0816 e. The molecular weight excluding hydrogens is 266 g/mol. The second-order valence-corrected chi connectivity index (χ2v) is 5.94. The number of rotatable bonds is 9. The molecule has 0 heterocycles. The summed E-state index contributed by atoms with van der Waals surface area (Å²) >= 11 is 5.28. The van der Waals surface area contributed by atoms with Crippen LogP contribution in [0.5, 0.6) is 0 Å². The Labute approximate surface area is 128 Å². The summed E-state index contributed by atoms with van der Waals surface area (Å²) in [6, 6.07) is 10.3. The van der Waals surface area contributed by atoms with Crippen LogP contribution in [0.25, 0.3) is 0 Å². The van der Waals surface area contributed by atoms with Crippen LogP contribution < -0.4 is 5.73 Å². The topological polar surface area (TPSA) is 32.5 Å². The fourth-order valence-corrected chi connectivity index (χ4v) is 2.47. The van der Waals surface area contributed by atoms with Crippen molar-refractivity contribution in [2.75, 3.05) is 40.3 Å². The van der Waals surface area contributed by atoms with Gasteiger partial charge in [0.25, 0.3) is 0 Å². The SMILES string of the molecule is CCCN(CCN(C)C)CC(C(N)=S)c1ccccc1. The van der Waals surface area contributed by atoms with Crippen molar-refractivity contribution in [2.24, 2.45) is 5.73 Å². The van der Waals surface area contributed by atoms with Crippen molar-refractivity contribution >= 4 is 17.2 Å². The average Bonchev–Trinajstić information content (AvgIpc) is 2.42. The van der Waals surface area contributed by atoms with Gasteiger partial charge in [-0.25, -0.2) is 0 Å². The van der Waals surface area contributed by atoms with E-state index in [1.807, 2.05) is 18.2 Å². The minimum atomic E-state index is 0.139. The molecule has 0 aromatic heterocycles. The molecule has 0 amide bonds. The summed E-state index contributed by atoms with van der Waals surface area (Å²) in [4.78, 5) is 5.25. The smallest absolute Gasteiger partial charge is 0.0816 e. The lowest BCUT2D eigenvalue weighted by Gasteiger charge is -2.28. The van der Waals surface area contributed by atoms with Gasteiger partial charge >= 0.3 is 0 Å². The van der Waals surface area contributed by atoms with E-state index >= 15 is 0 Å². The molecule has 1 rings (SSSR count). The van der Waals surface area contributed by atoms with E-state index in [-0.39, 0.29) is 5.92 Å². The van der Waals surface area contributed by atoms with Crippen molar-refractivity contribution < 1.29 is 0 Å². The molecule has 0 spiro atoms. The average molecular weight is 293 g/mol. The van der Waals surface area contributed by atoms with E-state index in [1.165, 1.54) is 5.56 Å². The fraction of sp³-hybridized carbons (Fsp3) is 0.562. The van der Waals surface area contributed by atoms with Crippen LogP contribution >= 0.6 is 12.2 Å². The molecule has 112 valence electrons. The Morgan fingerprint density at radius 3 is 2.30 bits per heavy atom. The number of hydrogen-bond donors (Lipinski definition) is 1. The van der Waals surface area contributed by atoms with Crippen LogP contribution in [-0.4, -0.2) is 55.1 Å². The van der Waals surface area contributed by atoms with Gasteiger partial charge in [-0.05, 0) is 32.6 Å². The Morgan fingerprint density at radius 2 is 1.80 bits per heavy atom. The van der Waals surface area contributed by atoms with E-state index in [4.69, 9.17) is 18.0 Å². The van der Waals surface area contributed by atoms with Gasteiger partial charge < -0.3 is 15.5 Å². The van der Waals surface area contributed by atoms with Gasteiger partial charge in [-0.3, -0.25) is 0 Å². The molecule has 0 radical (unpaired) electrons. The number of benzene rings is 1. The molecule has 4 heteroatoms. The quantitative estimate of drug-likeness (QED) is 0.708. The molecule has 1 aromatic rings. The van der Waals surface area contributed by atoms with Crippen LogP contribution in [0.4, 0.5) is 0 Å². The van der Waals surface area contributed by atoms with Gasteiger partial charge in [0.15, 0.2) is 0 Å². The maximum atomic E-state index is 5.96. The molecule has 1 unspecified atom stereocenters. The molecule has 0 saturated carbocycles. The highest BCUT2D eigenvalue weighted by Crippen LogP contribution is 2.17. The molecule has 3 nitrogen and oxygen atoms in total. The molecule has 0 saturated heterocycles. The zero-order chi connectivity index (χ0) is 15.0. The Morgan fingerprint density at radius 1 is 1.15 bits per heavy atom. The first kappa shape index (κ1) is 17.1. The van der Waals surface area contributed by atoms with E-state index in [0.29, 0.717) is 4.99 Å². The van der Waals surface area contributed by atoms with Crippen molar-refractivity contribution in [3.63, 3.8) is 0 Å². The first-order valence-corrected chi connectivity index (χ1v) is 7.66. The van der Waals surface area contributed by atoms with Crippen molar-refractivity contribution in [2.45, 2.75) is 19.3 Å². The molecule has 0 aliphatic rings. The van der Waals surface area contributed by atoms with E-state index in [2.05, 4.69) is 43.0 Å². The van der Waals surface area contributed by atoms with Gasteiger partial charge in [-0.1, -0.05) is 49.5 Å². The Kier molecular flexibility index (Phi) is 7.73. The van der Waals surface area contributed by atoms with Gasteiger partial charge in [0.1, 0.15) is 0 Å². The highest BCUT2D eigenvalue weighted by atomic mass is 32.1. The van der Waals surface area contributed by atoms with Crippen LogP contribution in [0.3, 0.4) is 0 Å². The third-order valence-corrected chi connectivity index (χ3v) is 3.67. The third kappa shape index (κ3) is 5.99. The summed E-state index contributed by atoms with van der Waals surface area (Å²) in [6.07, 6.45) is 1.15. The minimum Gasteiger partial charge on any atom is -0.393 e. The lowest BCUT2D eigenvalue weighted by molar-refractivity contribution is 0.239. The van der Waals surface area contributed by atoms with E-state index in [1.54, 1.807) is 0 Å². The van der Waals surface area contributed by atoms with Gasteiger partial charge in [-0.2, -0.15) is 0 Å². The molecule has 0 aliphatic heterocycles. The number of likely N-dealkylation sites (N-methyl/N-ethyl adjacent to an activating group) is 1. The summed E-state index contributed by atoms with van der Waals surface area (Å²) in [6.45, 7) is 6.30. The Balaban J connectivity index is 2.73. The van der Waals surface area contributed by atoms with Gasteiger partial charge in [0.05, 0.1) is 4.99 Å². The van der Waals surface area contributed by atoms with Crippen molar-refractivity contribution in [3.05, 3.63) is 35.9 Å². The first-order valence-electron chi connectivity index (χ1n) is 7.26. The molecule has 20 heavy (non-hydrogen) atoms. The molecule has 2 N–H and O–H groups in total. The number of nitrogens with two attached hydrogens (primary N) is 1. The third-order valence-electron chi connectivity index (χ3n) is 3.39. The van der Waals surface area contributed by atoms with E-state index in [0.717, 1.165) is 32.6 Å². The summed E-state index contributed by atoms with van der Waals surface area (Å²) in [5, 5.41) is 0. The lowest BCUT2D eigenvalue weighted by Crippen LogP contribution is -2.38. The largest absolute Gasteiger partial charge is 0.393 e. The van der Waals surface area contributed by atoms with Crippen molar-refractivity contribution in [1.82, 2.24) is 9.80 Å². The lowest BCUT2D eigenvalue weighted by atomic mass is 9.98. The number of hydrogen-bond acceptors (Lipinski definition) is 3. The number of thiocarbonyl (C=S) groups is 1. The second kappa shape index (κ2) is 9.06. The number of nitrogens with zero attached hydrogens (tertiary/aromatic N) is 2. The van der Waals surface area contributed by atoms with Crippen LogP contribution in [-0.2, 0) is 0 Å². The normalized spacial score (nSPS) is 12.8. The van der Waals surface area contributed by atoms with Gasteiger partial charge in [0, 0.05) is 25.6 Å². The summed E-state index contributed by atoms with van der Waals surface area (Å²) in [7, 11) is 4.21. The van der Waals surface area contributed by atoms with Crippen molar-refractivity contribution in [1.29, 1.82) is 0 Å². The monoisotopic (exact) mass is 293 g/mol. The van der Waals surface area contributed by atoms with Gasteiger partial charge in [0.2, 0.25) is 0 Å². The zero-order valence-corrected chi connectivity index (χ0v) is 13.7. The van der Waals surface area contributed by atoms with Gasteiger partial charge in [-0.15, -0.1) is 0 Å². The zero-order valence-electron chi connectivity index (χ0n) is 12.9. The summed E-state index contributed by atoms with van der Waals surface area (Å²) < 4.78 is 0. The minimum absolute atomic E-state index is 0.139. The highest BCUT2D eigenvalue weighted by molar-refractivity contribution is 7.80. The molecule has 0 bridgehead atoms. The van der Waals surface area contributed by atoms with Crippen LogP contribution in [0.1, 0.15) is 24.8 Å². The van der Waals surface area contributed by atoms with Crippen molar-refractivity contribution in [3.8, 4) is 0 Å².